The van der Waals surface area contributed by atoms with E-state index in [0.717, 1.165) is 5.75 Å². The number of methoxy groups -OCH3 is 1. The van der Waals surface area contributed by atoms with Crippen molar-refractivity contribution in [1.29, 1.82) is 0 Å². The number of rotatable bonds is 8. The number of carbonyl (C=O) groups is 2. The number of aliphatic imine (C=N–C) groups is 1. The minimum absolute atomic E-state index is 0.255. The number of amides is 1. The normalized spacial score (nSPS) is 16.8. The molecule has 8 nitrogen and oxygen atoms in total. The molecule has 9 heteroatoms. The van der Waals surface area contributed by atoms with Crippen LogP contribution < -0.4 is 19.5 Å². The van der Waals surface area contributed by atoms with E-state index >= 15 is 0 Å². The second kappa shape index (κ2) is 10.0. The number of carbonyl (C=O) groups excluding carboxylic acids is 1. The third-order valence-electron chi connectivity index (χ3n) is 4.17. The van der Waals surface area contributed by atoms with E-state index < -0.39 is 12.1 Å². The number of nitrogens with zero attached hydrogens (tertiary/aromatic N) is 1. The zero-order valence-electron chi connectivity index (χ0n) is 17.2. The molecule has 1 aliphatic rings. The van der Waals surface area contributed by atoms with Gasteiger partial charge in [-0.05, 0) is 73.6 Å². The molecule has 1 heterocycles. The van der Waals surface area contributed by atoms with Crippen molar-refractivity contribution in [2.45, 2.75) is 20.0 Å². The molecular formula is C22H22N2O6S. The summed E-state index contributed by atoms with van der Waals surface area (Å²) in [5.74, 6) is 0.124. The van der Waals surface area contributed by atoms with Gasteiger partial charge in [-0.1, -0.05) is 6.07 Å². The maximum Gasteiger partial charge on any atom is 0.344 e. The van der Waals surface area contributed by atoms with Gasteiger partial charge in [0, 0.05) is 0 Å². The van der Waals surface area contributed by atoms with Crippen molar-refractivity contribution in [3.63, 3.8) is 0 Å². The topological polar surface area (TPSA) is 106 Å². The lowest BCUT2D eigenvalue weighted by atomic mass is 10.2. The van der Waals surface area contributed by atoms with Crippen molar-refractivity contribution in [2.75, 3.05) is 13.7 Å². The van der Waals surface area contributed by atoms with Gasteiger partial charge < -0.3 is 24.6 Å². The Bertz CT molecular complexity index is 1030. The molecule has 31 heavy (non-hydrogen) atoms. The second-order valence-electron chi connectivity index (χ2n) is 6.42. The van der Waals surface area contributed by atoms with Gasteiger partial charge in [-0.2, -0.15) is 0 Å². The van der Waals surface area contributed by atoms with Crippen LogP contribution in [0.15, 0.2) is 52.4 Å². The van der Waals surface area contributed by atoms with Crippen molar-refractivity contribution >= 4 is 40.6 Å². The molecule has 0 bridgehead atoms. The Morgan fingerprint density at radius 2 is 1.97 bits per heavy atom. The molecule has 1 aliphatic heterocycles. The van der Waals surface area contributed by atoms with Crippen LogP contribution in [0.3, 0.4) is 0 Å². The van der Waals surface area contributed by atoms with Crippen LogP contribution in [0.1, 0.15) is 19.4 Å². The average molecular weight is 442 g/mol. The number of hydrogen-bond donors (Lipinski definition) is 2. The summed E-state index contributed by atoms with van der Waals surface area (Å²) in [6, 6.07) is 12.2. The van der Waals surface area contributed by atoms with Gasteiger partial charge in [0.15, 0.2) is 22.8 Å². The molecule has 0 spiro atoms. The highest BCUT2D eigenvalue weighted by Gasteiger charge is 2.24. The molecular weight excluding hydrogens is 420 g/mol. The molecule has 0 aromatic heterocycles. The summed E-state index contributed by atoms with van der Waals surface area (Å²) in [6.07, 6.45) is 0.694. The second-order valence-corrected chi connectivity index (χ2v) is 7.45. The third-order valence-corrected chi connectivity index (χ3v) is 5.08. The number of benzene rings is 2. The minimum Gasteiger partial charge on any atom is -0.497 e. The molecule has 1 amide bonds. The number of thioether (sulfide) groups is 1. The Morgan fingerprint density at radius 3 is 2.61 bits per heavy atom. The molecule has 1 atom stereocenters. The van der Waals surface area contributed by atoms with Gasteiger partial charge in [0.05, 0.1) is 24.3 Å². The monoisotopic (exact) mass is 442 g/mol. The molecule has 0 aliphatic carbocycles. The molecule has 3 rings (SSSR count). The predicted octanol–water partition coefficient (Wildman–Crippen LogP) is 3.84. The van der Waals surface area contributed by atoms with Gasteiger partial charge in [-0.25, -0.2) is 9.79 Å². The Kier molecular flexibility index (Phi) is 7.19. The third kappa shape index (κ3) is 5.79. The Morgan fingerprint density at radius 1 is 1.23 bits per heavy atom. The molecule has 1 saturated heterocycles. The van der Waals surface area contributed by atoms with Crippen LogP contribution in [0.5, 0.6) is 17.2 Å². The SMILES string of the molecule is CCOc1cc(/C=C2/SC(=Nc3ccc(OC)cc3)NC2=O)ccc1OC(C)C(=O)O. The zero-order valence-corrected chi connectivity index (χ0v) is 18.1. The molecule has 162 valence electrons. The van der Waals surface area contributed by atoms with E-state index in [0.29, 0.717) is 39.4 Å². The van der Waals surface area contributed by atoms with E-state index in [4.69, 9.17) is 19.3 Å². The highest BCUT2D eigenvalue weighted by Crippen LogP contribution is 2.33. The fraction of sp³-hybridized carbons (Fsp3) is 0.227. The number of nitrogens with one attached hydrogen (secondary N) is 1. The largest absolute Gasteiger partial charge is 0.497 e. The summed E-state index contributed by atoms with van der Waals surface area (Å²) < 4.78 is 16.2. The molecule has 1 unspecified atom stereocenters. The maximum absolute atomic E-state index is 12.4. The number of aliphatic carboxylic acids is 1. The average Bonchev–Trinajstić information content (AvgIpc) is 3.09. The molecule has 2 N–H and O–H groups in total. The van der Waals surface area contributed by atoms with Crippen LogP contribution in [0.25, 0.3) is 6.08 Å². The number of hydrogen-bond acceptors (Lipinski definition) is 7. The number of carboxylic acids is 1. The lowest BCUT2D eigenvalue weighted by molar-refractivity contribution is -0.144. The highest BCUT2D eigenvalue weighted by molar-refractivity contribution is 8.18. The predicted molar refractivity (Wildman–Crippen MR) is 119 cm³/mol. The smallest absolute Gasteiger partial charge is 0.344 e. The fourth-order valence-corrected chi connectivity index (χ4v) is 3.47. The van der Waals surface area contributed by atoms with Crippen LogP contribution >= 0.6 is 11.8 Å². The van der Waals surface area contributed by atoms with E-state index in [1.54, 1.807) is 55.7 Å². The van der Waals surface area contributed by atoms with Crippen LogP contribution in [0.4, 0.5) is 5.69 Å². The van der Waals surface area contributed by atoms with Crippen molar-refractivity contribution in [3.8, 4) is 17.2 Å². The quantitative estimate of drug-likeness (QED) is 0.598. The van der Waals surface area contributed by atoms with E-state index in [1.165, 1.54) is 18.7 Å². The summed E-state index contributed by atoms with van der Waals surface area (Å²) >= 11 is 1.23. The van der Waals surface area contributed by atoms with Crippen LogP contribution in [0, 0.1) is 0 Å². The standard InChI is InChI=1S/C22H22N2O6S/c1-4-29-18-11-14(5-10-17(18)30-13(2)21(26)27)12-19-20(25)24-22(31-19)23-15-6-8-16(28-3)9-7-15/h5-13H,4H2,1-3H3,(H,26,27)(H,23,24,25)/b19-12+. The van der Waals surface area contributed by atoms with E-state index in [1.807, 2.05) is 6.92 Å². The zero-order chi connectivity index (χ0) is 22.4. The first kappa shape index (κ1) is 22.2. The molecule has 2 aromatic carbocycles. The van der Waals surface area contributed by atoms with Gasteiger partial charge in [0.2, 0.25) is 0 Å². The Labute approximate surface area is 183 Å². The Hall–Kier alpha value is -3.46. The van der Waals surface area contributed by atoms with Gasteiger partial charge in [0.25, 0.3) is 5.91 Å². The summed E-state index contributed by atoms with van der Waals surface area (Å²) in [5.41, 5.74) is 1.40. The molecule has 0 saturated carbocycles. The Balaban J connectivity index is 1.80. The first-order chi connectivity index (χ1) is 14.9. The summed E-state index contributed by atoms with van der Waals surface area (Å²) in [4.78, 5) is 28.3. The first-order valence-electron chi connectivity index (χ1n) is 9.49. The lowest BCUT2D eigenvalue weighted by Crippen LogP contribution is -2.23. The van der Waals surface area contributed by atoms with Crippen molar-refractivity contribution in [3.05, 3.63) is 52.9 Å². The first-order valence-corrected chi connectivity index (χ1v) is 10.3. The van der Waals surface area contributed by atoms with Gasteiger partial charge >= 0.3 is 5.97 Å². The molecule has 0 radical (unpaired) electrons. The summed E-state index contributed by atoms with van der Waals surface area (Å²) in [5, 5.41) is 12.3. The molecule has 2 aromatic rings. The van der Waals surface area contributed by atoms with Gasteiger partial charge in [-0.15, -0.1) is 0 Å². The number of amidine groups is 1. The van der Waals surface area contributed by atoms with Gasteiger partial charge in [0.1, 0.15) is 5.75 Å². The summed E-state index contributed by atoms with van der Waals surface area (Å²) in [6.45, 7) is 3.64. The van der Waals surface area contributed by atoms with Crippen LogP contribution in [0.2, 0.25) is 0 Å². The van der Waals surface area contributed by atoms with E-state index in [2.05, 4.69) is 10.3 Å². The summed E-state index contributed by atoms with van der Waals surface area (Å²) in [7, 11) is 1.59. The highest BCUT2D eigenvalue weighted by atomic mass is 32.2. The van der Waals surface area contributed by atoms with Crippen LogP contribution in [-0.4, -0.2) is 42.0 Å². The van der Waals surface area contributed by atoms with E-state index in [-0.39, 0.29) is 5.91 Å². The maximum atomic E-state index is 12.4. The van der Waals surface area contributed by atoms with Gasteiger partial charge in [-0.3, -0.25) is 4.79 Å². The van der Waals surface area contributed by atoms with E-state index in [9.17, 15) is 9.59 Å². The number of carboxylic acid groups (broad SMARTS) is 1. The fourth-order valence-electron chi connectivity index (χ4n) is 2.63. The van der Waals surface area contributed by atoms with Crippen LogP contribution in [-0.2, 0) is 9.59 Å². The van der Waals surface area contributed by atoms with Crippen molar-refractivity contribution in [1.82, 2.24) is 5.32 Å². The number of ether oxygens (including phenoxy) is 3. The van der Waals surface area contributed by atoms with Crippen molar-refractivity contribution < 1.29 is 28.9 Å². The van der Waals surface area contributed by atoms with Crippen molar-refractivity contribution in [2.24, 2.45) is 4.99 Å². The lowest BCUT2D eigenvalue weighted by Gasteiger charge is -2.15. The minimum atomic E-state index is -1.07. The molecule has 1 fully saturated rings.